The lowest BCUT2D eigenvalue weighted by molar-refractivity contribution is 0.589. The Hall–Kier alpha value is -1.15. The largest absolute Gasteiger partial charge is 0.273 e. The van der Waals surface area contributed by atoms with E-state index >= 15 is 0 Å². The Labute approximate surface area is 107 Å². The average molecular weight is 293 g/mol. The van der Waals surface area contributed by atoms with Crippen LogP contribution >= 0.6 is 23.2 Å². The third-order valence-electron chi connectivity index (χ3n) is 1.91. The molecular formula is C8H6Cl2N4O2S. The first kappa shape index (κ1) is 12.3. The number of halogens is 2. The molecule has 0 unspecified atom stereocenters. The quantitative estimate of drug-likeness (QED) is 0.874. The van der Waals surface area contributed by atoms with Crippen molar-refractivity contribution in [2.24, 2.45) is 5.14 Å². The summed E-state index contributed by atoms with van der Waals surface area (Å²) < 4.78 is 22.0. The van der Waals surface area contributed by atoms with E-state index in [-0.39, 0.29) is 5.82 Å². The molecule has 1 heterocycles. The van der Waals surface area contributed by atoms with Crippen LogP contribution in [0.25, 0.3) is 11.4 Å². The highest BCUT2D eigenvalue weighted by Gasteiger charge is 2.16. The van der Waals surface area contributed by atoms with E-state index in [0.29, 0.717) is 15.6 Å². The van der Waals surface area contributed by atoms with Gasteiger partial charge in [-0.2, -0.15) is 10.1 Å². The highest BCUT2D eigenvalue weighted by molar-refractivity contribution is 7.89. The average Bonchev–Trinajstić information content (AvgIpc) is 2.65. The number of hydrogen-bond donors (Lipinski definition) is 2. The van der Waals surface area contributed by atoms with Crippen LogP contribution in [0.5, 0.6) is 0 Å². The molecule has 0 amide bonds. The molecule has 0 spiro atoms. The van der Waals surface area contributed by atoms with Crippen LogP contribution in [0.3, 0.4) is 0 Å². The number of nitrogens with one attached hydrogen (secondary N) is 1. The predicted octanol–water partition coefficient (Wildman–Crippen LogP) is 1.43. The molecule has 90 valence electrons. The Morgan fingerprint density at radius 1 is 1.29 bits per heavy atom. The van der Waals surface area contributed by atoms with E-state index < -0.39 is 15.2 Å². The second-order valence-corrected chi connectivity index (χ2v) is 5.45. The van der Waals surface area contributed by atoms with Crippen LogP contribution < -0.4 is 5.14 Å². The number of nitrogens with zero attached hydrogens (tertiary/aromatic N) is 2. The van der Waals surface area contributed by atoms with Gasteiger partial charge in [-0.1, -0.05) is 23.2 Å². The minimum Gasteiger partial charge on any atom is -0.248 e. The summed E-state index contributed by atoms with van der Waals surface area (Å²) in [5.41, 5.74) is 0.460. The Kier molecular flexibility index (Phi) is 3.09. The van der Waals surface area contributed by atoms with E-state index in [1.165, 1.54) is 6.07 Å². The zero-order chi connectivity index (χ0) is 12.6. The summed E-state index contributed by atoms with van der Waals surface area (Å²) in [5.74, 6) is 0.135. The number of H-pyrrole nitrogens is 1. The minimum atomic E-state index is -3.91. The molecule has 0 atom stereocenters. The van der Waals surface area contributed by atoms with Gasteiger partial charge in [-0.25, -0.2) is 18.7 Å². The van der Waals surface area contributed by atoms with Crippen molar-refractivity contribution in [3.8, 4) is 11.4 Å². The summed E-state index contributed by atoms with van der Waals surface area (Å²) in [4.78, 5) is 3.74. The van der Waals surface area contributed by atoms with Crippen molar-refractivity contribution in [3.05, 3.63) is 28.2 Å². The molecule has 0 aliphatic carbocycles. The molecule has 0 saturated carbocycles. The normalized spacial score (nSPS) is 11.7. The van der Waals surface area contributed by atoms with Crippen molar-refractivity contribution >= 4 is 33.2 Å². The standard InChI is InChI=1S/C8H6Cl2N4O2S/c9-4-1-2-5(6(10)3-4)7-12-8(14-13-7)17(11,15)16/h1-3H,(H2,11,15,16)(H,12,13,14). The number of aromatic amines is 1. The number of rotatable bonds is 2. The summed E-state index contributed by atoms with van der Waals surface area (Å²) in [6, 6.07) is 4.68. The second-order valence-electron chi connectivity index (χ2n) is 3.13. The first-order chi connectivity index (χ1) is 7.88. The molecular weight excluding hydrogens is 287 g/mol. The van der Waals surface area contributed by atoms with Crippen LogP contribution in [0.15, 0.2) is 23.4 Å². The van der Waals surface area contributed by atoms with Crippen molar-refractivity contribution in [1.82, 2.24) is 15.2 Å². The number of primary sulfonamides is 1. The maximum absolute atomic E-state index is 11.0. The zero-order valence-electron chi connectivity index (χ0n) is 8.18. The van der Waals surface area contributed by atoms with Crippen LogP contribution in [0.1, 0.15) is 0 Å². The van der Waals surface area contributed by atoms with Gasteiger partial charge in [0.25, 0.3) is 15.2 Å². The summed E-state index contributed by atoms with van der Waals surface area (Å²) in [5, 5.41) is 11.2. The van der Waals surface area contributed by atoms with Gasteiger partial charge in [0, 0.05) is 10.6 Å². The van der Waals surface area contributed by atoms with Gasteiger partial charge in [-0.05, 0) is 18.2 Å². The molecule has 0 radical (unpaired) electrons. The van der Waals surface area contributed by atoms with E-state index in [1.54, 1.807) is 12.1 Å². The number of benzene rings is 1. The molecule has 2 rings (SSSR count). The predicted molar refractivity (Wildman–Crippen MR) is 63.2 cm³/mol. The fraction of sp³-hybridized carbons (Fsp3) is 0. The Morgan fingerprint density at radius 3 is 2.53 bits per heavy atom. The van der Waals surface area contributed by atoms with Gasteiger partial charge in [-0.3, -0.25) is 0 Å². The molecule has 1 aromatic carbocycles. The fourth-order valence-electron chi connectivity index (χ4n) is 1.17. The van der Waals surface area contributed by atoms with Gasteiger partial charge in [-0.15, -0.1) is 0 Å². The van der Waals surface area contributed by atoms with Crippen molar-refractivity contribution < 1.29 is 8.42 Å². The summed E-state index contributed by atoms with van der Waals surface area (Å²) in [6.45, 7) is 0. The number of nitrogens with two attached hydrogens (primary N) is 1. The molecule has 0 saturated heterocycles. The summed E-state index contributed by atoms with van der Waals surface area (Å²) in [6.07, 6.45) is 0. The number of sulfonamides is 1. The molecule has 0 bridgehead atoms. The Bertz CT molecular complexity index is 668. The zero-order valence-corrected chi connectivity index (χ0v) is 10.5. The fourth-order valence-corrected chi connectivity index (χ4v) is 2.05. The molecule has 0 fully saturated rings. The third-order valence-corrected chi connectivity index (χ3v) is 3.18. The SMILES string of the molecule is NS(=O)(=O)c1nc(-c2ccc(Cl)cc2Cl)n[nH]1. The van der Waals surface area contributed by atoms with Crippen LogP contribution in [0, 0.1) is 0 Å². The van der Waals surface area contributed by atoms with Crippen molar-refractivity contribution in [2.75, 3.05) is 0 Å². The van der Waals surface area contributed by atoms with Gasteiger partial charge in [0.1, 0.15) is 0 Å². The van der Waals surface area contributed by atoms with Crippen molar-refractivity contribution in [2.45, 2.75) is 5.16 Å². The van der Waals surface area contributed by atoms with Gasteiger partial charge < -0.3 is 0 Å². The smallest absolute Gasteiger partial charge is 0.248 e. The molecule has 0 aliphatic rings. The monoisotopic (exact) mass is 292 g/mol. The van der Waals surface area contributed by atoms with Crippen molar-refractivity contribution in [3.63, 3.8) is 0 Å². The topological polar surface area (TPSA) is 102 Å². The van der Waals surface area contributed by atoms with Gasteiger partial charge >= 0.3 is 0 Å². The van der Waals surface area contributed by atoms with Crippen molar-refractivity contribution in [1.29, 1.82) is 0 Å². The summed E-state index contributed by atoms with van der Waals surface area (Å²) >= 11 is 11.7. The minimum absolute atomic E-state index is 0.135. The lowest BCUT2D eigenvalue weighted by atomic mass is 10.2. The second kappa shape index (κ2) is 4.26. The Morgan fingerprint density at radius 2 is 2.00 bits per heavy atom. The summed E-state index contributed by atoms with van der Waals surface area (Å²) in [7, 11) is -3.91. The van der Waals surface area contributed by atoms with E-state index in [0.717, 1.165) is 0 Å². The molecule has 1 aromatic heterocycles. The third kappa shape index (κ3) is 2.58. The lowest BCUT2D eigenvalue weighted by Gasteiger charge is -1.98. The molecule has 3 N–H and O–H groups in total. The van der Waals surface area contributed by atoms with Gasteiger partial charge in [0.05, 0.1) is 5.02 Å². The van der Waals surface area contributed by atoms with Crippen LogP contribution in [0.2, 0.25) is 10.0 Å². The highest BCUT2D eigenvalue weighted by Crippen LogP contribution is 2.28. The van der Waals surface area contributed by atoms with Crippen LogP contribution in [-0.4, -0.2) is 23.6 Å². The molecule has 6 nitrogen and oxygen atoms in total. The highest BCUT2D eigenvalue weighted by atomic mass is 35.5. The van der Waals surface area contributed by atoms with Gasteiger partial charge in [0.15, 0.2) is 5.82 Å². The molecule has 9 heteroatoms. The van der Waals surface area contributed by atoms with Crippen LogP contribution in [-0.2, 0) is 10.0 Å². The first-order valence-electron chi connectivity index (χ1n) is 4.28. The van der Waals surface area contributed by atoms with E-state index in [1.807, 2.05) is 0 Å². The molecule has 0 aliphatic heterocycles. The lowest BCUT2D eigenvalue weighted by Crippen LogP contribution is -2.13. The van der Waals surface area contributed by atoms with Crippen LogP contribution in [0.4, 0.5) is 0 Å². The maximum Gasteiger partial charge on any atom is 0.273 e. The number of hydrogen-bond acceptors (Lipinski definition) is 4. The van der Waals surface area contributed by atoms with E-state index in [4.69, 9.17) is 28.3 Å². The van der Waals surface area contributed by atoms with E-state index in [9.17, 15) is 8.42 Å². The van der Waals surface area contributed by atoms with Gasteiger partial charge in [0.2, 0.25) is 0 Å². The van der Waals surface area contributed by atoms with E-state index in [2.05, 4.69) is 15.2 Å². The molecule has 17 heavy (non-hydrogen) atoms. The molecule has 2 aromatic rings. The maximum atomic E-state index is 11.0. The number of aromatic nitrogens is 3. The first-order valence-corrected chi connectivity index (χ1v) is 6.59. The Balaban J connectivity index is 2.51.